The molecule has 1 rings (SSSR count). The van der Waals surface area contributed by atoms with Crippen molar-refractivity contribution in [2.75, 3.05) is 19.0 Å². The van der Waals surface area contributed by atoms with Crippen LogP contribution in [0, 0.1) is 5.92 Å². The van der Waals surface area contributed by atoms with Gasteiger partial charge in [0.1, 0.15) is 5.82 Å². The predicted molar refractivity (Wildman–Crippen MR) is 56.7 cm³/mol. The molecule has 5 nitrogen and oxygen atoms in total. The van der Waals surface area contributed by atoms with Crippen molar-refractivity contribution in [3.63, 3.8) is 0 Å². The molecule has 1 N–H and O–H groups in total. The third-order valence-corrected chi connectivity index (χ3v) is 1.74. The fraction of sp³-hybridized carbons (Fsp3) is 0.500. The Morgan fingerprint density at radius 3 is 2.67 bits per heavy atom. The summed E-state index contributed by atoms with van der Waals surface area (Å²) < 4.78 is 4.51. The number of nitrogens with one attached hydrogen (secondary N) is 1. The minimum atomic E-state index is -0.474. The smallest absolute Gasteiger partial charge is 0.358 e. The number of methoxy groups -OCH3 is 1. The van der Waals surface area contributed by atoms with Crippen molar-refractivity contribution in [3.8, 4) is 0 Å². The Bertz CT molecular complexity index is 322. The summed E-state index contributed by atoms with van der Waals surface area (Å²) in [5, 5.41) is 3.10. The highest BCUT2D eigenvalue weighted by Gasteiger charge is 2.06. The normalized spacial score (nSPS) is 10.1. The Morgan fingerprint density at radius 2 is 2.20 bits per heavy atom. The number of aromatic nitrogens is 2. The van der Waals surface area contributed by atoms with E-state index in [-0.39, 0.29) is 5.69 Å². The first-order chi connectivity index (χ1) is 7.13. The zero-order valence-corrected chi connectivity index (χ0v) is 9.15. The molecule has 0 atom stereocenters. The molecule has 1 aromatic rings. The number of carbonyl (C=O) groups is 1. The summed E-state index contributed by atoms with van der Waals surface area (Å²) in [6.07, 6.45) is 2.92. The molecular weight excluding hydrogens is 194 g/mol. The molecule has 0 saturated carbocycles. The first-order valence-corrected chi connectivity index (χ1v) is 4.77. The molecule has 0 unspecified atom stereocenters. The van der Waals surface area contributed by atoms with Crippen LogP contribution in [0.3, 0.4) is 0 Å². The highest BCUT2D eigenvalue weighted by Crippen LogP contribution is 2.03. The van der Waals surface area contributed by atoms with E-state index in [1.807, 2.05) is 0 Å². The van der Waals surface area contributed by atoms with Crippen molar-refractivity contribution in [2.24, 2.45) is 5.92 Å². The zero-order valence-electron chi connectivity index (χ0n) is 9.15. The van der Waals surface area contributed by atoms with Crippen molar-refractivity contribution < 1.29 is 9.53 Å². The first-order valence-electron chi connectivity index (χ1n) is 4.77. The summed E-state index contributed by atoms with van der Waals surface area (Å²) in [5.74, 6) is 0.723. The Labute approximate surface area is 88.9 Å². The highest BCUT2D eigenvalue weighted by atomic mass is 16.5. The summed E-state index contributed by atoms with van der Waals surface area (Å²) in [5.41, 5.74) is 0.215. The highest BCUT2D eigenvalue weighted by molar-refractivity contribution is 5.86. The summed E-state index contributed by atoms with van der Waals surface area (Å²) in [6, 6.07) is 0. The van der Waals surface area contributed by atoms with E-state index >= 15 is 0 Å². The van der Waals surface area contributed by atoms with Crippen molar-refractivity contribution in [1.82, 2.24) is 9.97 Å². The maximum Gasteiger partial charge on any atom is 0.358 e. The summed E-state index contributed by atoms with van der Waals surface area (Å²) >= 11 is 0. The second-order valence-electron chi connectivity index (χ2n) is 3.55. The van der Waals surface area contributed by atoms with Crippen LogP contribution in [0.1, 0.15) is 24.3 Å². The quantitative estimate of drug-likeness (QED) is 0.758. The Balaban J connectivity index is 2.60. The minimum absolute atomic E-state index is 0.215. The lowest BCUT2D eigenvalue weighted by Gasteiger charge is -2.07. The predicted octanol–water partition coefficient (Wildman–Crippen LogP) is 1.33. The van der Waals surface area contributed by atoms with Gasteiger partial charge in [-0.2, -0.15) is 0 Å². The van der Waals surface area contributed by atoms with E-state index in [4.69, 9.17) is 0 Å². The molecule has 1 aromatic heterocycles. The van der Waals surface area contributed by atoms with Gasteiger partial charge in [-0.05, 0) is 5.92 Å². The van der Waals surface area contributed by atoms with E-state index in [0.717, 1.165) is 6.54 Å². The SMILES string of the molecule is COC(=O)c1cnc(NCC(C)C)cn1. The maximum atomic E-state index is 11.0. The molecule has 0 aliphatic carbocycles. The maximum absolute atomic E-state index is 11.0. The molecule has 0 spiro atoms. The molecule has 0 bridgehead atoms. The lowest BCUT2D eigenvalue weighted by molar-refractivity contribution is 0.0593. The lowest BCUT2D eigenvalue weighted by atomic mass is 10.2. The largest absolute Gasteiger partial charge is 0.464 e. The fourth-order valence-corrected chi connectivity index (χ4v) is 0.938. The van der Waals surface area contributed by atoms with E-state index in [9.17, 15) is 4.79 Å². The van der Waals surface area contributed by atoms with Gasteiger partial charge in [0.25, 0.3) is 0 Å². The monoisotopic (exact) mass is 209 g/mol. The van der Waals surface area contributed by atoms with Crippen molar-refractivity contribution in [1.29, 1.82) is 0 Å². The third-order valence-electron chi connectivity index (χ3n) is 1.74. The lowest BCUT2D eigenvalue weighted by Crippen LogP contribution is -2.11. The Hall–Kier alpha value is -1.65. The number of rotatable bonds is 4. The fourth-order valence-electron chi connectivity index (χ4n) is 0.938. The van der Waals surface area contributed by atoms with Gasteiger partial charge in [0.2, 0.25) is 0 Å². The van der Waals surface area contributed by atoms with Crippen LogP contribution in [0.15, 0.2) is 12.4 Å². The van der Waals surface area contributed by atoms with Gasteiger partial charge < -0.3 is 10.1 Å². The standard InChI is InChI=1S/C10H15N3O2/c1-7(2)4-12-9-6-11-8(5-13-9)10(14)15-3/h5-7H,4H2,1-3H3,(H,12,13). The number of esters is 1. The van der Waals surface area contributed by atoms with Crippen LogP contribution in [0.2, 0.25) is 0 Å². The number of nitrogens with zero attached hydrogens (tertiary/aromatic N) is 2. The van der Waals surface area contributed by atoms with Crippen LogP contribution in [-0.2, 0) is 4.74 Å². The Kier molecular flexibility index (Phi) is 4.03. The van der Waals surface area contributed by atoms with E-state index in [1.165, 1.54) is 19.5 Å². The van der Waals surface area contributed by atoms with Crippen molar-refractivity contribution in [2.45, 2.75) is 13.8 Å². The van der Waals surface area contributed by atoms with Gasteiger partial charge in [0.05, 0.1) is 19.5 Å². The first kappa shape index (κ1) is 11.4. The average Bonchev–Trinajstić information content (AvgIpc) is 2.26. The average molecular weight is 209 g/mol. The van der Waals surface area contributed by atoms with Gasteiger partial charge >= 0.3 is 5.97 Å². The molecule has 0 aliphatic heterocycles. The van der Waals surface area contributed by atoms with Gasteiger partial charge in [0.15, 0.2) is 5.69 Å². The molecule has 0 saturated heterocycles. The van der Waals surface area contributed by atoms with Crippen LogP contribution in [0.5, 0.6) is 0 Å². The molecule has 0 aliphatic rings. The molecule has 0 fully saturated rings. The van der Waals surface area contributed by atoms with Crippen molar-refractivity contribution in [3.05, 3.63) is 18.1 Å². The second kappa shape index (κ2) is 5.29. The second-order valence-corrected chi connectivity index (χ2v) is 3.55. The number of carbonyl (C=O) groups excluding carboxylic acids is 1. The minimum Gasteiger partial charge on any atom is -0.464 e. The number of anilines is 1. The van der Waals surface area contributed by atoms with Gasteiger partial charge in [-0.3, -0.25) is 0 Å². The van der Waals surface area contributed by atoms with Crippen molar-refractivity contribution >= 4 is 11.8 Å². The van der Waals surface area contributed by atoms with Crippen LogP contribution >= 0.6 is 0 Å². The summed E-state index contributed by atoms with van der Waals surface area (Å²) in [4.78, 5) is 19.0. The molecule has 0 aromatic carbocycles. The molecule has 1 heterocycles. The molecule has 82 valence electrons. The van der Waals surface area contributed by atoms with Gasteiger partial charge in [-0.15, -0.1) is 0 Å². The zero-order chi connectivity index (χ0) is 11.3. The number of ether oxygens (including phenoxy) is 1. The molecule has 15 heavy (non-hydrogen) atoms. The molecule has 0 amide bonds. The van der Waals surface area contributed by atoms with Crippen LogP contribution in [0.25, 0.3) is 0 Å². The Morgan fingerprint density at radius 1 is 1.47 bits per heavy atom. The van der Waals surface area contributed by atoms with Gasteiger partial charge in [0, 0.05) is 6.54 Å². The molecular formula is C10H15N3O2. The summed E-state index contributed by atoms with van der Waals surface area (Å²) in [7, 11) is 1.31. The van der Waals surface area contributed by atoms with E-state index < -0.39 is 5.97 Å². The van der Waals surface area contributed by atoms with Crippen LogP contribution in [0.4, 0.5) is 5.82 Å². The summed E-state index contributed by atoms with van der Waals surface area (Å²) in [6.45, 7) is 5.03. The molecule has 5 heteroatoms. The number of hydrogen-bond donors (Lipinski definition) is 1. The van der Waals surface area contributed by atoms with Gasteiger partial charge in [-0.25, -0.2) is 14.8 Å². The third kappa shape index (κ3) is 3.53. The van der Waals surface area contributed by atoms with E-state index in [0.29, 0.717) is 11.7 Å². The topological polar surface area (TPSA) is 64.1 Å². The van der Waals surface area contributed by atoms with E-state index in [1.54, 1.807) is 0 Å². The van der Waals surface area contributed by atoms with Gasteiger partial charge in [-0.1, -0.05) is 13.8 Å². The van der Waals surface area contributed by atoms with Crippen LogP contribution in [-0.4, -0.2) is 29.6 Å². The molecule has 0 radical (unpaired) electrons. The van der Waals surface area contributed by atoms with Crippen LogP contribution < -0.4 is 5.32 Å². The van der Waals surface area contributed by atoms with E-state index in [2.05, 4.69) is 33.9 Å². The number of hydrogen-bond acceptors (Lipinski definition) is 5.